The number of hydrogen-bond acceptors (Lipinski definition) is 3. The van der Waals surface area contributed by atoms with Crippen molar-refractivity contribution in [2.24, 2.45) is 0 Å². The summed E-state index contributed by atoms with van der Waals surface area (Å²) < 4.78 is 0.793. The van der Waals surface area contributed by atoms with Crippen molar-refractivity contribution in [1.82, 2.24) is 9.97 Å². The minimum atomic E-state index is 0.217. The van der Waals surface area contributed by atoms with Gasteiger partial charge in [-0.3, -0.25) is 0 Å². The summed E-state index contributed by atoms with van der Waals surface area (Å²) >= 11 is 15.6. The number of aromatic nitrogens is 2. The molecule has 2 rings (SSSR count). The van der Waals surface area contributed by atoms with Crippen LogP contribution in [0.15, 0.2) is 29.0 Å². The predicted octanol–water partition coefficient (Wildman–Crippen LogP) is 5.41. The molecule has 0 spiro atoms. The molecule has 6 heteroatoms. The SMILES string of the molecule is CC(C)c1c(Cl)ncnc1Nc1cccc(Cl)c1Br. The molecule has 1 N–H and O–H groups in total. The Kier molecular flexibility index (Phi) is 4.66. The molecular formula is C13H12BrCl2N3. The van der Waals surface area contributed by atoms with Crippen LogP contribution in [0.4, 0.5) is 11.5 Å². The Morgan fingerprint density at radius 2 is 1.95 bits per heavy atom. The topological polar surface area (TPSA) is 37.8 Å². The highest BCUT2D eigenvalue weighted by atomic mass is 79.9. The Morgan fingerprint density at radius 1 is 1.21 bits per heavy atom. The second-order valence-electron chi connectivity index (χ2n) is 4.31. The van der Waals surface area contributed by atoms with E-state index >= 15 is 0 Å². The molecule has 1 aromatic carbocycles. The van der Waals surface area contributed by atoms with E-state index in [1.165, 1.54) is 6.33 Å². The number of anilines is 2. The maximum Gasteiger partial charge on any atom is 0.138 e. The molecule has 0 atom stereocenters. The van der Waals surface area contributed by atoms with Gasteiger partial charge in [0.1, 0.15) is 17.3 Å². The van der Waals surface area contributed by atoms with Crippen LogP contribution in [0.25, 0.3) is 0 Å². The summed E-state index contributed by atoms with van der Waals surface area (Å²) in [6.45, 7) is 4.09. The van der Waals surface area contributed by atoms with E-state index in [4.69, 9.17) is 23.2 Å². The Balaban J connectivity index is 2.44. The van der Waals surface area contributed by atoms with Gasteiger partial charge in [0, 0.05) is 5.56 Å². The molecule has 0 radical (unpaired) electrons. The molecule has 0 bridgehead atoms. The Hall–Kier alpha value is -0.840. The molecule has 0 aliphatic rings. The standard InChI is InChI=1S/C13H12BrCl2N3/c1-7(2)10-12(16)17-6-18-13(10)19-9-5-3-4-8(15)11(9)14/h3-7H,1-2H3,(H,17,18,19). The molecule has 0 saturated heterocycles. The van der Waals surface area contributed by atoms with Crippen molar-refractivity contribution in [2.45, 2.75) is 19.8 Å². The fourth-order valence-electron chi connectivity index (χ4n) is 1.71. The van der Waals surface area contributed by atoms with Gasteiger partial charge in [-0.15, -0.1) is 0 Å². The molecule has 2 aromatic rings. The Labute approximate surface area is 130 Å². The maximum atomic E-state index is 6.13. The summed E-state index contributed by atoms with van der Waals surface area (Å²) in [6.07, 6.45) is 1.44. The molecule has 0 amide bonds. The van der Waals surface area contributed by atoms with Crippen molar-refractivity contribution < 1.29 is 0 Å². The fraction of sp³-hybridized carbons (Fsp3) is 0.231. The quantitative estimate of drug-likeness (QED) is 0.743. The molecule has 0 aliphatic carbocycles. The number of halogens is 3. The van der Waals surface area contributed by atoms with Crippen LogP contribution in [0.3, 0.4) is 0 Å². The van der Waals surface area contributed by atoms with Crippen molar-refractivity contribution in [3.63, 3.8) is 0 Å². The summed E-state index contributed by atoms with van der Waals surface area (Å²) in [5.41, 5.74) is 1.72. The molecule has 1 aromatic heterocycles. The van der Waals surface area contributed by atoms with Gasteiger partial charge in [-0.05, 0) is 34.0 Å². The predicted molar refractivity (Wildman–Crippen MR) is 83.6 cm³/mol. The number of rotatable bonds is 3. The Morgan fingerprint density at radius 3 is 2.63 bits per heavy atom. The lowest BCUT2D eigenvalue weighted by molar-refractivity contribution is 0.850. The first-order chi connectivity index (χ1) is 9.00. The smallest absolute Gasteiger partial charge is 0.138 e. The molecule has 0 unspecified atom stereocenters. The van der Waals surface area contributed by atoms with Gasteiger partial charge in [0.05, 0.1) is 15.2 Å². The van der Waals surface area contributed by atoms with Crippen LogP contribution in [0, 0.1) is 0 Å². The van der Waals surface area contributed by atoms with Crippen molar-refractivity contribution >= 4 is 50.6 Å². The first-order valence-corrected chi connectivity index (χ1v) is 7.27. The minimum absolute atomic E-state index is 0.217. The van der Waals surface area contributed by atoms with Gasteiger partial charge < -0.3 is 5.32 Å². The third-order valence-corrected chi connectivity index (χ3v) is 4.32. The Bertz CT molecular complexity index is 602. The third-order valence-electron chi connectivity index (χ3n) is 2.62. The molecule has 0 aliphatic heterocycles. The van der Waals surface area contributed by atoms with E-state index < -0.39 is 0 Å². The van der Waals surface area contributed by atoms with Crippen LogP contribution in [-0.4, -0.2) is 9.97 Å². The van der Waals surface area contributed by atoms with E-state index in [0.717, 1.165) is 15.7 Å². The zero-order valence-electron chi connectivity index (χ0n) is 10.4. The molecule has 1 heterocycles. The van der Waals surface area contributed by atoms with Crippen molar-refractivity contribution in [1.29, 1.82) is 0 Å². The minimum Gasteiger partial charge on any atom is -0.339 e. The lowest BCUT2D eigenvalue weighted by Crippen LogP contribution is -2.03. The summed E-state index contributed by atoms with van der Waals surface area (Å²) in [5.74, 6) is 0.909. The number of nitrogens with one attached hydrogen (secondary N) is 1. The van der Waals surface area contributed by atoms with E-state index in [0.29, 0.717) is 16.0 Å². The van der Waals surface area contributed by atoms with Crippen LogP contribution >= 0.6 is 39.1 Å². The van der Waals surface area contributed by atoms with Crippen LogP contribution in [0.1, 0.15) is 25.3 Å². The van der Waals surface area contributed by atoms with Gasteiger partial charge in [0.25, 0.3) is 0 Å². The first-order valence-electron chi connectivity index (χ1n) is 5.72. The number of nitrogens with zero attached hydrogens (tertiary/aromatic N) is 2. The van der Waals surface area contributed by atoms with Gasteiger partial charge in [-0.1, -0.05) is 43.1 Å². The summed E-state index contributed by atoms with van der Waals surface area (Å²) in [6, 6.07) is 5.59. The van der Waals surface area contributed by atoms with Crippen LogP contribution < -0.4 is 5.32 Å². The van der Waals surface area contributed by atoms with Crippen molar-refractivity contribution in [3.05, 3.63) is 44.7 Å². The number of benzene rings is 1. The molecule has 0 saturated carbocycles. The fourth-order valence-corrected chi connectivity index (χ4v) is 2.60. The normalized spacial score (nSPS) is 10.8. The molecule has 100 valence electrons. The monoisotopic (exact) mass is 359 g/mol. The highest BCUT2D eigenvalue weighted by Gasteiger charge is 2.15. The number of hydrogen-bond donors (Lipinski definition) is 1. The molecular weight excluding hydrogens is 349 g/mol. The third kappa shape index (κ3) is 3.19. The van der Waals surface area contributed by atoms with Crippen LogP contribution in [-0.2, 0) is 0 Å². The van der Waals surface area contributed by atoms with Gasteiger partial charge in [0.2, 0.25) is 0 Å². The average molecular weight is 361 g/mol. The lowest BCUT2D eigenvalue weighted by Gasteiger charge is -2.15. The zero-order chi connectivity index (χ0) is 14.0. The van der Waals surface area contributed by atoms with Gasteiger partial charge in [-0.2, -0.15) is 0 Å². The maximum absolute atomic E-state index is 6.13. The highest BCUT2D eigenvalue weighted by molar-refractivity contribution is 9.10. The summed E-state index contributed by atoms with van der Waals surface area (Å²) in [4.78, 5) is 8.28. The zero-order valence-corrected chi connectivity index (χ0v) is 13.5. The second-order valence-corrected chi connectivity index (χ2v) is 5.87. The van der Waals surface area contributed by atoms with E-state index in [-0.39, 0.29) is 5.92 Å². The van der Waals surface area contributed by atoms with Crippen molar-refractivity contribution in [3.8, 4) is 0 Å². The van der Waals surface area contributed by atoms with E-state index in [1.54, 1.807) is 0 Å². The van der Waals surface area contributed by atoms with E-state index in [1.807, 2.05) is 32.0 Å². The largest absolute Gasteiger partial charge is 0.339 e. The second kappa shape index (κ2) is 6.07. The summed E-state index contributed by atoms with van der Waals surface area (Å²) in [7, 11) is 0. The summed E-state index contributed by atoms with van der Waals surface area (Å²) in [5, 5.41) is 4.34. The average Bonchev–Trinajstić information content (AvgIpc) is 2.34. The molecule has 3 nitrogen and oxygen atoms in total. The van der Waals surface area contributed by atoms with E-state index in [9.17, 15) is 0 Å². The van der Waals surface area contributed by atoms with Crippen LogP contribution in [0.2, 0.25) is 10.2 Å². The van der Waals surface area contributed by atoms with Gasteiger partial charge >= 0.3 is 0 Å². The molecule has 19 heavy (non-hydrogen) atoms. The van der Waals surface area contributed by atoms with E-state index in [2.05, 4.69) is 31.2 Å². The van der Waals surface area contributed by atoms with Crippen molar-refractivity contribution in [2.75, 3.05) is 5.32 Å². The molecule has 0 fully saturated rings. The lowest BCUT2D eigenvalue weighted by atomic mass is 10.1. The van der Waals surface area contributed by atoms with Gasteiger partial charge in [-0.25, -0.2) is 9.97 Å². The van der Waals surface area contributed by atoms with Gasteiger partial charge in [0.15, 0.2) is 0 Å². The van der Waals surface area contributed by atoms with Crippen LogP contribution in [0.5, 0.6) is 0 Å². The first kappa shape index (κ1) is 14.6. The highest BCUT2D eigenvalue weighted by Crippen LogP contribution is 2.35.